The summed E-state index contributed by atoms with van der Waals surface area (Å²) in [6.07, 6.45) is 13.4. The highest BCUT2D eigenvalue weighted by Crippen LogP contribution is 2.42. The first kappa shape index (κ1) is 22.8. The molecule has 0 unspecified atom stereocenters. The lowest BCUT2D eigenvalue weighted by atomic mass is 9.74. The summed E-state index contributed by atoms with van der Waals surface area (Å²) in [4.78, 5) is 20.6. The van der Waals surface area contributed by atoms with E-state index >= 15 is 0 Å². The van der Waals surface area contributed by atoms with Gasteiger partial charge in [0.2, 0.25) is 5.91 Å². The van der Waals surface area contributed by atoms with Crippen molar-refractivity contribution in [3.63, 3.8) is 0 Å². The van der Waals surface area contributed by atoms with E-state index in [0.29, 0.717) is 11.3 Å². The zero-order valence-electron chi connectivity index (χ0n) is 17.3. The van der Waals surface area contributed by atoms with E-state index in [0.717, 1.165) is 45.0 Å². The molecular weight excluding hydrogens is 451 g/mol. The molecule has 1 spiro atoms. The van der Waals surface area contributed by atoms with Crippen molar-refractivity contribution < 1.29 is 4.79 Å². The van der Waals surface area contributed by atoms with Gasteiger partial charge in [0.15, 0.2) is 5.96 Å². The van der Waals surface area contributed by atoms with Crippen LogP contribution in [-0.4, -0.2) is 61.4 Å². The molecule has 1 N–H and O–H groups in total. The zero-order chi connectivity index (χ0) is 18.4. The van der Waals surface area contributed by atoms with Crippen LogP contribution in [-0.2, 0) is 4.79 Å². The fraction of sp³-hybridized carbons (Fsp3) is 0.905. The Labute approximate surface area is 182 Å². The number of aliphatic imine (C=N–C) groups is 1. The number of nitrogens with one attached hydrogen (secondary N) is 1. The fourth-order valence-electron chi connectivity index (χ4n) is 5.30. The highest BCUT2D eigenvalue weighted by molar-refractivity contribution is 14.0. The first-order valence-corrected chi connectivity index (χ1v) is 10.8. The van der Waals surface area contributed by atoms with Crippen LogP contribution in [0.15, 0.2) is 4.99 Å². The van der Waals surface area contributed by atoms with E-state index in [1.807, 2.05) is 11.9 Å². The lowest BCUT2D eigenvalue weighted by Crippen LogP contribution is -2.51. The van der Waals surface area contributed by atoms with Gasteiger partial charge in [-0.1, -0.05) is 25.7 Å². The number of halogens is 1. The van der Waals surface area contributed by atoms with Crippen molar-refractivity contribution in [2.24, 2.45) is 16.3 Å². The number of hydrogen-bond donors (Lipinski definition) is 1. The van der Waals surface area contributed by atoms with Crippen molar-refractivity contribution in [3.05, 3.63) is 0 Å². The predicted molar refractivity (Wildman–Crippen MR) is 123 cm³/mol. The summed E-state index contributed by atoms with van der Waals surface area (Å²) < 4.78 is 0. The predicted octanol–water partition coefficient (Wildman–Crippen LogP) is 3.87. The van der Waals surface area contributed by atoms with E-state index in [9.17, 15) is 4.79 Å². The first-order valence-electron chi connectivity index (χ1n) is 10.8. The maximum Gasteiger partial charge on any atom is 0.219 e. The molecular formula is C21H39IN4O. The van der Waals surface area contributed by atoms with Gasteiger partial charge in [0.25, 0.3) is 0 Å². The number of carbonyl (C=O) groups is 1. The van der Waals surface area contributed by atoms with Gasteiger partial charge in [-0.25, -0.2) is 0 Å². The summed E-state index contributed by atoms with van der Waals surface area (Å²) in [5.41, 5.74) is 0.541. The summed E-state index contributed by atoms with van der Waals surface area (Å²) in [6.45, 7) is 6.82. The second-order valence-corrected chi connectivity index (χ2v) is 8.82. The molecule has 1 saturated carbocycles. The molecule has 3 fully saturated rings. The van der Waals surface area contributed by atoms with Crippen molar-refractivity contribution in [3.8, 4) is 0 Å². The van der Waals surface area contributed by atoms with Crippen molar-refractivity contribution in [2.45, 2.75) is 71.1 Å². The van der Waals surface area contributed by atoms with Gasteiger partial charge >= 0.3 is 0 Å². The molecule has 0 aromatic rings. The van der Waals surface area contributed by atoms with Crippen LogP contribution in [0, 0.1) is 11.3 Å². The second-order valence-electron chi connectivity index (χ2n) is 8.82. The summed E-state index contributed by atoms with van der Waals surface area (Å²) in [5, 5.41) is 3.66. The molecule has 1 aliphatic carbocycles. The Kier molecular flexibility index (Phi) is 9.16. The van der Waals surface area contributed by atoms with Gasteiger partial charge < -0.3 is 15.1 Å². The maximum atomic E-state index is 11.5. The molecule has 0 aromatic carbocycles. The minimum absolute atomic E-state index is 0. The molecule has 156 valence electrons. The molecule has 0 radical (unpaired) electrons. The van der Waals surface area contributed by atoms with E-state index < -0.39 is 0 Å². The molecule has 27 heavy (non-hydrogen) atoms. The summed E-state index contributed by atoms with van der Waals surface area (Å²) >= 11 is 0. The number of hydrogen-bond acceptors (Lipinski definition) is 2. The van der Waals surface area contributed by atoms with Crippen LogP contribution in [0.5, 0.6) is 0 Å². The van der Waals surface area contributed by atoms with Crippen LogP contribution in [0.4, 0.5) is 0 Å². The maximum absolute atomic E-state index is 11.5. The third-order valence-electron chi connectivity index (χ3n) is 6.95. The molecule has 2 aliphatic heterocycles. The van der Waals surface area contributed by atoms with E-state index in [1.54, 1.807) is 6.92 Å². The highest BCUT2D eigenvalue weighted by Gasteiger charge is 2.36. The Balaban J connectivity index is 0.00000261. The van der Waals surface area contributed by atoms with Crippen molar-refractivity contribution in [1.82, 2.24) is 15.1 Å². The summed E-state index contributed by atoms with van der Waals surface area (Å²) in [6, 6.07) is 0. The van der Waals surface area contributed by atoms with Crippen LogP contribution in [0.2, 0.25) is 0 Å². The molecule has 0 atom stereocenters. The monoisotopic (exact) mass is 490 g/mol. The van der Waals surface area contributed by atoms with Gasteiger partial charge in [0, 0.05) is 46.7 Å². The molecule has 6 heteroatoms. The Morgan fingerprint density at radius 3 is 2.22 bits per heavy atom. The van der Waals surface area contributed by atoms with Crippen LogP contribution >= 0.6 is 24.0 Å². The number of guanidine groups is 1. The van der Waals surface area contributed by atoms with Gasteiger partial charge in [-0.2, -0.15) is 0 Å². The minimum atomic E-state index is 0. The topological polar surface area (TPSA) is 47.9 Å². The molecule has 2 heterocycles. The summed E-state index contributed by atoms with van der Waals surface area (Å²) in [7, 11) is 1.93. The largest absolute Gasteiger partial charge is 0.356 e. The quantitative estimate of drug-likeness (QED) is 0.363. The number of likely N-dealkylation sites (tertiary alicyclic amines) is 2. The van der Waals surface area contributed by atoms with Crippen LogP contribution < -0.4 is 5.32 Å². The van der Waals surface area contributed by atoms with Gasteiger partial charge in [-0.3, -0.25) is 9.79 Å². The lowest BCUT2D eigenvalue weighted by Gasteiger charge is -2.44. The third kappa shape index (κ3) is 6.23. The van der Waals surface area contributed by atoms with Crippen molar-refractivity contribution in [1.29, 1.82) is 0 Å². The Hall–Kier alpha value is -0.530. The second kappa shape index (κ2) is 10.9. The van der Waals surface area contributed by atoms with Gasteiger partial charge in [-0.15, -0.1) is 24.0 Å². The normalized spacial score (nSPS) is 24.3. The molecule has 0 bridgehead atoms. The Bertz CT molecular complexity index is 494. The molecule has 3 aliphatic rings. The van der Waals surface area contributed by atoms with Crippen molar-refractivity contribution >= 4 is 35.8 Å². The van der Waals surface area contributed by atoms with E-state index in [2.05, 4.69) is 15.2 Å². The summed E-state index contributed by atoms with van der Waals surface area (Å²) in [5.74, 6) is 1.97. The standard InChI is InChI=1S/C21H38N4O.HI/c1-18(26)24-14-8-19(9-15-24)16-23-20(22-2)25-13-7-12-21(17-25)10-5-3-4-6-11-21;/h19H,3-17H2,1-2H3,(H,22,23);1H. The van der Waals surface area contributed by atoms with Crippen LogP contribution in [0.1, 0.15) is 71.1 Å². The van der Waals surface area contributed by atoms with E-state index in [4.69, 9.17) is 0 Å². The minimum Gasteiger partial charge on any atom is -0.356 e. The lowest BCUT2D eigenvalue weighted by molar-refractivity contribution is -0.130. The number of carbonyl (C=O) groups excluding carboxylic acids is 1. The number of rotatable bonds is 2. The average molecular weight is 490 g/mol. The first-order chi connectivity index (χ1) is 12.6. The molecule has 2 saturated heterocycles. The molecule has 1 amide bonds. The fourth-order valence-corrected chi connectivity index (χ4v) is 5.30. The van der Waals surface area contributed by atoms with Gasteiger partial charge in [0.1, 0.15) is 0 Å². The third-order valence-corrected chi connectivity index (χ3v) is 6.95. The van der Waals surface area contributed by atoms with Crippen molar-refractivity contribution in [2.75, 3.05) is 39.8 Å². The Morgan fingerprint density at radius 1 is 1.00 bits per heavy atom. The van der Waals surface area contributed by atoms with Crippen LogP contribution in [0.3, 0.4) is 0 Å². The molecule has 3 rings (SSSR count). The molecule has 5 nitrogen and oxygen atoms in total. The molecule has 0 aromatic heterocycles. The smallest absolute Gasteiger partial charge is 0.219 e. The zero-order valence-corrected chi connectivity index (χ0v) is 19.7. The van der Waals surface area contributed by atoms with Gasteiger partial charge in [-0.05, 0) is 49.9 Å². The number of piperidine rings is 2. The SMILES string of the molecule is CN=C(NCC1CCN(C(C)=O)CC1)N1CCCC2(CCCCCC2)C1.I. The Morgan fingerprint density at radius 2 is 1.63 bits per heavy atom. The number of nitrogens with zero attached hydrogens (tertiary/aromatic N) is 3. The van der Waals surface area contributed by atoms with Gasteiger partial charge in [0.05, 0.1) is 0 Å². The van der Waals surface area contributed by atoms with E-state index in [-0.39, 0.29) is 29.9 Å². The van der Waals surface area contributed by atoms with E-state index in [1.165, 1.54) is 57.9 Å². The number of amides is 1. The average Bonchev–Trinajstić information content (AvgIpc) is 2.88. The van der Waals surface area contributed by atoms with Crippen LogP contribution in [0.25, 0.3) is 0 Å². The highest BCUT2D eigenvalue weighted by atomic mass is 127.